The van der Waals surface area contributed by atoms with Gasteiger partial charge in [0.15, 0.2) is 11.5 Å². The Balaban J connectivity index is 1.66. The van der Waals surface area contributed by atoms with Crippen LogP contribution in [-0.4, -0.2) is 41.4 Å². The molecule has 0 aliphatic carbocycles. The molecule has 0 unspecified atom stereocenters. The number of H-pyrrole nitrogens is 1. The number of hydrogen-bond acceptors (Lipinski definition) is 8. The van der Waals surface area contributed by atoms with Gasteiger partial charge in [0.25, 0.3) is 0 Å². The van der Waals surface area contributed by atoms with Crippen molar-refractivity contribution in [2.24, 2.45) is 5.92 Å². The number of carbonyl (C=O) groups is 2. The van der Waals surface area contributed by atoms with Gasteiger partial charge in [-0.3, -0.25) is 14.4 Å². The number of imide groups is 1. The van der Waals surface area contributed by atoms with Gasteiger partial charge in [0, 0.05) is 10.8 Å². The third kappa shape index (κ3) is 3.73. The van der Waals surface area contributed by atoms with Gasteiger partial charge in [-0.15, -0.1) is 0 Å². The number of nitrogens with zero attached hydrogens (tertiary/aromatic N) is 1. The van der Waals surface area contributed by atoms with Crippen LogP contribution in [-0.2, 0) is 15.8 Å². The zero-order chi connectivity index (χ0) is 25.9. The van der Waals surface area contributed by atoms with E-state index in [0.717, 1.165) is 46.2 Å². The van der Waals surface area contributed by atoms with E-state index in [4.69, 9.17) is 9.47 Å². The predicted molar refractivity (Wildman–Crippen MR) is 125 cm³/mol. The number of halogens is 3. The number of nitrogens with one attached hydrogen (secondary N) is 1. The van der Waals surface area contributed by atoms with E-state index in [9.17, 15) is 32.7 Å². The van der Waals surface area contributed by atoms with Crippen molar-refractivity contribution in [3.8, 4) is 17.2 Å². The van der Waals surface area contributed by atoms with E-state index in [-0.39, 0.29) is 27.8 Å². The number of fused-ring (bicyclic) bond motifs is 2. The summed E-state index contributed by atoms with van der Waals surface area (Å²) in [5.74, 6) is -3.41. The summed E-state index contributed by atoms with van der Waals surface area (Å²) in [4.78, 5) is 42.9. The standard InChI is InChI=1S/C23H17F3N2O6S2/c1-33-12-6-9(7-13(34-2)16(12)29)14-15-18(35-19-17(14)36-22(32)27-19)21(31)28(20(15)30)11-5-3-4-10(8-11)23(24,25)26/h3-8,14-15,18,29H,1-2H3,(H,27,32)/t14-,15-,18+/m0/s1. The Morgan fingerprint density at radius 3 is 2.31 bits per heavy atom. The van der Waals surface area contributed by atoms with Crippen molar-refractivity contribution >= 4 is 40.6 Å². The monoisotopic (exact) mass is 538 g/mol. The molecular formula is C23H17F3N2O6S2. The number of phenols is 1. The SMILES string of the molecule is COc1cc([C@@H]2c3sc(=O)[nH]c3S[C@H]3C(=O)N(c4cccc(C(F)(F)F)c4)C(=O)[C@@H]23)cc(OC)c1O. The lowest BCUT2D eigenvalue weighted by Crippen LogP contribution is -2.32. The highest BCUT2D eigenvalue weighted by molar-refractivity contribution is 8.00. The number of phenolic OH excluding ortho intramolecular Hbond substituents is 1. The van der Waals surface area contributed by atoms with E-state index in [0.29, 0.717) is 15.5 Å². The number of methoxy groups -OCH3 is 2. The van der Waals surface area contributed by atoms with Gasteiger partial charge < -0.3 is 19.6 Å². The van der Waals surface area contributed by atoms with Crippen molar-refractivity contribution in [3.05, 3.63) is 62.1 Å². The maximum Gasteiger partial charge on any atom is 0.416 e. The third-order valence-electron chi connectivity index (χ3n) is 6.12. The van der Waals surface area contributed by atoms with Gasteiger partial charge in [-0.25, -0.2) is 4.90 Å². The van der Waals surface area contributed by atoms with E-state index in [2.05, 4.69) is 4.98 Å². The molecule has 2 aliphatic rings. The summed E-state index contributed by atoms with van der Waals surface area (Å²) in [6, 6.07) is 6.98. The second kappa shape index (κ2) is 8.59. The lowest BCUT2D eigenvalue weighted by molar-refractivity contribution is -0.137. The molecule has 13 heteroatoms. The molecule has 0 bridgehead atoms. The molecule has 0 radical (unpaired) electrons. The summed E-state index contributed by atoms with van der Waals surface area (Å²) in [5, 5.41) is 9.74. The summed E-state index contributed by atoms with van der Waals surface area (Å²) >= 11 is 1.87. The van der Waals surface area contributed by atoms with Crippen LogP contribution < -0.4 is 19.2 Å². The van der Waals surface area contributed by atoms with Gasteiger partial charge in [0.05, 0.1) is 36.4 Å². The Labute approximate surface area is 209 Å². The van der Waals surface area contributed by atoms with Crippen LogP contribution in [0.3, 0.4) is 0 Å². The highest BCUT2D eigenvalue weighted by Crippen LogP contribution is 2.54. The molecule has 2 N–H and O–H groups in total. The molecule has 0 spiro atoms. The molecule has 1 aromatic heterocycles. The van der Waals surface area contributed by atoms with Gasteiger partial charge in [0.1, 0.15) is 5.25 Å². The highest BCUT2D eigenvalue weighted by Gasteiger charge is 2.56. The minimum absolute atomic E-state index is 0.0510. The summed E-state index contributed by atoms with van der Waals surface area (Å²) in [6.07, 6.45) is -4.66. The summed E-state index contributed by atoms with van der Waals surface area (Å²) in [6.45, 7) is 0. The first kappa shape index (κ1) is 24.3. The average Bonchev–Trinajstić information content (AvgIpc) is 3.33. The molecule has 5 rings (SSSR count). The number of anilines is 1. The number of benzene rings is 2. The first-order valence-corrected chi connectivity index (χ1v) is 12.1. The number of ether oxygens (including phenoxy) is 2. The van der Waals surface area contributed by atoms with Crippen LogP contribution in [0.25, 0.3) is 0 Å². The Morgan fingerprint density at radius 2 is 1.69 bits per heavy atom. The molecule has 8 nitrogen and oxygen atoms in total. The molecule has 36 heavy (non-hydrogen) atoms. The number of thiazole rings is 1. The molecule has 1 saturated heterocycles. The Kier molecular flexibility index (Phi) is 5.79. The fourth-order valence-electron chi connectivity index (χ4n) is 4.55. The molecule has 3 aromatic rings. The van der Waals surface area contributed by atoms with Crippen molar-refractivity contribution in [2.45, 2.75) is 22.4 Å². The Hall–Kier alpha value is -3.45. The molecule has 0 saturated carbocycles. The molecule has 188 valence electrons. The largest absolute Gasteiger partial charge is 0.502 e. The first-order chi connectivity index (χ1) is 17.0. The zero-order valence-electron chi connectivity index (χ0n) is 18.6. The zero-order valence-corrected chi connectivity index (χ0v) is 20.2. The molecule has 2 aliphatic heterocycles. The molecule has 2 amide bonds. The number of aromatic amines is 1. The number of aromatic hydroxyl groups is 1. The number of alkyl halides is 3. The van der Waals surface area contributed by atoms with E-state index in [1.54, 1.807) is 0 Å². The summed E-state index contributed by atoms with van der Waals surface area (Å²) in [7, 11) is 2.66. The van der Waals surface area contributed by atoms with Crippen LogP contribution in [0, 0.1) is 5.92 Å². The summed E-state index contributed by atoms with van der Waals surface area (Å²) < 4.78 is 50.4. The van der Waals surface area contributed by atoms with Crippen LogP contribution in [0.4, 0.5) is 18.9 Å². The van der Waals surface area contributed by atoms with Crippen molar-refractivity contribution < 1.29 is 37.3 Å². The fourth-order valence-corrected chi connectivity index (χ4v) is 7.06. The maximum absolute atomic E-state index is 13.7. The minimum atomic E-state index is -4.66. The van der Waals surface area contributed by atoms with Crippen LogP contribution in [0.5, 0.6) is 17.2 Å². The topological polar surface area (TPSA) is 109 Å². The number of rotatable bonds is 4. The normalized spacial score (nSPS) is 21.4. The quantitative estimate of drug-likeness (QED) is 0.484. The van der Waals surface area contributed by atoms with Gasteiger partial charge >= 0.3 is 11.0 Å². The minimum Gasteiger partial charge on any atom is -0.502 e. The third-order valence-corrected chi connectivity index (χ3v) is 8.52. The number of aromatic nitrogens is 1. The van der Waals surface area contributed by atoms with E-state index >= 15 is 0 Å². The first-order valence-electron chi connectivity index (χ1n) is 10.4. The molecule has 3 atom stereocenters. The number of hydrogen-bond donors (Lipinski definition) is 2. The number of amides is 2. The number of carbonyl (C=O) groups excluding carboxylic acids is 2. The number of thioether (sulfide) groups is 1. The Morgan fingerprint density at radius 1 is 1.03 bits per heavy atom. The van der Waals surface area contributed by atoms with E-state index in [1.165, 1.54) is 32.4 Å². The smallest absolute Gasteiger partial charge is 0.416 e. The molecular weight excluding hydrogens is 521 g/mol. The average molecular weight is 539 g/mol. The van der Waals surface area contributed by atoms with Crippen molar-refractivity contribution in [1.29, 1.82) is 0 Å². The lowest BCUT2D eigenvalue weighted by atomic mass is 9.83. The van der Waals surface area contributed by atoms with Crippen molar-refractivity contribution in [3.63, 3.8) is 0 Å². The van der Waals surface area contributed by atoms with Gasteiger partial charge in [-0.05, 0) is 35.9 Å². The van der Waals surface area contributed by atoms with E-state index < -0.39 is 40.6 Å². The second-order valence-corrected chi connectivity index (χ2v) is 10.3. The van der Waals surface area contributed by atoms with Gasteiger partial charge in [-0.2, -0.15) is 13.2 Å². The van der Waals surface area contributed by atoms with Gasteiger partial charge in [0.2, 0.25) is 17.6 Å². The highest BCUT2D eigenvalue weighted by atomic mass is 32.2. The molecule has 1 fully saturated rings. The van der Waals surface area contributed by atoms with Crippen LogP contribution in [0.2, 0.25) is 0 Å². The molecule has 3 heterocycles. The van der Waals surface area contributed by atoms with Crippen LogP contribution in [0.15, 0.2) is 46.2 Å². The van der Waals surface area contributed by atoms with E-state index in [1.807, 2.05) is 0 Å². The second-order valence-electron chi connectivity index (χ2n) is 8.08. The van der Waals surface area contributed by atoms with Crippen LogP contribution in [0.1, 0.15) is 21.9 Å². The Bertz CT molecular complexity index is 1430. The van der Waals surface area contributed by atoms with Crippen molar-refractivity contribution in [2.75, 3.05) is 19.1 Å². The van der Waals surface area contributed by atoms with Gasteiger partial charge in [-0.1, -0.05) is 29.2 Å². The predicted octanol–water partition coefficient (Wildman–Crippen LogP) is 3.97. The summed E-state index contributed by atoms with van der Waals surface area (Å²) in [5.41, 5.74) is -0.747. The fraction of sp³-hybridized carbons (Fsp3) is 0.261. The molecule has 2 aromatic carbocycles. The lowest BCUT2D eigenvalue weighted by Gasteiger charge is -2.30. The maximum atomic E-state index is 13.7. The van der Waals surface area contributed by atoms with Crippen LogP contribution >= 0.6 is 23.1 Å². The van der Waals surface area contributed by atoms with Crippen molar-refractivity contribution in [1.82, 2.24) is 4.98 Å².